The molecule has 0 unspecified atom stereocenters. The molecule has 132 valence electrons. The number of nitrogens with zero attached hydrogens (tertiary/aromatic N) is 2. The molecule has 1 amide bonds. The van der Waals surface area contributed by atoms with E-state index in [0.29, 0.717) is 11.3 Å². The number of carbonyl (C=O) groups excluding carboxylic acids is 1. The Bertz CT molecular complexity index is 736. The number of anilines is 1. The molecule has 6 heteroatoms. The van der Waals surface area contributed by atoms with Gasteiger partial charge >= 0.3 is 0 Å². The third-order valence-corrected chi connectivity index (χ3v) is 5.12. The first-order valence-electron chi connectivity index (χ1n) is 8.42. The number of halogens is 1. The number of piperidine rings is 1. The number of nitrogens with one attached hydrogen (secondary N) is 1. The van der Waals surface area contributed by atoms with Crippen molar-refractivity contribution in [3.05, 3.63) is 52.6 Å². The van der Waals surface area contributed by atoms with Crippen LogP contribution in [0, 0.1) is 0 Å². The maximum absolute atomic E-state index is 13.0. The monoisotopic (exact) mass is 403 g/mol. The van der Waals surface area contributed by atoms with Crippen molar-refractivity contribution >= 4 is 27.7 Å². The van der Waals surface area contributed by atoms with Crippen LogP contribution in [0.3, 0.4) is 0 Å². The minimum absolute atomic E-state index is 0.0141. The predicted octanol–water partition coefficient (Wildman–Crippen LogP) is 3.96. The molecule has 0 spiro atoms. The second kappa shape index (κ2) is 7.87. The van der Waals surface area contributed by atoms with Crippen LogP contribution >= 0.6 is 15.9 Å². The number of hydrogen-bond donors (Lipinski definition) is 1. The van der Waals surface area contributed by atoms with Crippen LogP contribution in [0.4, 0.5) is 5.82 Å². The molecular weight excluding hydrogens is 382 g/mol. The van der Waals surface area contributed by atoms with E-state index in [1.165, 1.54) is 0 Å². The van der Waals surface area contributed by atoms with Crippen LogP contribution < -0.4 is 10.1 Å². The van der Waals surface area contributed by atoms with Gasteiger partial charge in [0.25, 0.3) is 5.91 Å². The maximum Gasteiger partial charge on any atom is 0.257 e. The summed E-state index contributed by atoms with van der Waals surface area (Å²) < 4.78 is 6.30. The summed E-state index contributed by atoms with van der Waals surface area (Å²) in [6, 6.07) is 11.5. The summed E-state index contributed by atoms with van der Waals surface area (Å²) in [6.45, 7) is 2.84. The van der Waals surface area contributed by atoms with E-state index in [-0.39, 0.29) is 18.0 Å². The molecule has 2 heterocycles. The molecule has 1 aliphatic rings. The van der Waals surface area contributed by atoms with Crippen LogP contribution in [0.15, 0.2) is 47.1 Å². The van der Waals surface area contributed by atoms with Crippen molar-refractivity contribution in [1.82, 2.24) is 9.88 Å². The van der Waals surface area contributed by atoms with Gasteiger partial charge in [-0.15, -0.1) is 0 Å². The number of hydrogen-bond acceptors (Lipinski definition) is 4. The van der Waals surface area contributed by atoms with E-state index in [9.17, 15) is 4.79 Å². The smallest absolute Gasteiger partial charge is 0.257 e. The summed E-state index contributed by atoms with van der Waals surface area (Å²) >= 11 is 3.40. The van der Waals surface area contributed by atoms with Gasteiger partial charge in [-0.05, 0) is 60.0 Å². The molecule has 1 aromatic carbocycles. The first-order chi connectivity index (χ1) is 12.1. The number of carbonyl (C=O) groups is 1. The van der Waals surface area contributed by atoms with E-state index < -0.39 is 0 Å². The number of para-hydroxylation sites is 1. The van der Waals surface area contributed by atoms with Crippen LogP contribution in [-0.4, -0.2) is 41.5 Å². The van der Waals surface area contributed by atoms with Gasteiger partial charge < -0.3 is 15.0 Å². The second-order valence-electron chi connectivity index (χ2n) is 6.19. The minimum Gasteiger partial charge on any atom is -0.496 e. The zero-order valence-corrected chi connectivity index (χ0v) is 16.0. The molecule has 0 aliphatic carbocycles. The van der Waals surface area contributed by atoms with Gasteiger partial charge in [-0.3, -0.25) is 4.79 Å². The molecular formula is C19H22BrN3O2. The maximum atomic E-state index is 13.0. The SMILES string of the molecule is COc1ccccc1C(=O)N1CCC[C@@H](Nc2ccc(Br)cn2)[C@H]1C. The van der Waals surface area contributed by atoms with Gasteiger partial charge in [0.1, 0.15) is 11.6 Å². The largest absolute Gasteiger partial charge is 0.496 e. The molecule has 0 bridgehead atoms. The zero-order valence-electron chi connectivity index (χ0n) is 14.4. The molecule has 2 atom stereocenters. The molecule has 25 heavy (non-hydrogen) atoms. The number of aromatic nitrogens is 1. The third-order valence-electron chi connectivity index (χ3n) is 4.65. The Balaban J connectivity index is 1.76. The van der Waals surface area contributed by atoms with Crippen molar-refractivity contribution < 1.29 is 9.53 Å². The summed E-state index contributed by atoms with van der Waals surface area (Å²) in [5, 5.41) is 3.47. The Morgan fingerprint density at radius 3 is 2.84 bits per heavy atom. The lowest BCUT2D eigenvalue weighted by Crippen LogP contribution is -2.52. The van der Waals surface area contributed by atoms with Gasteiger partial charge in [0, 0.05) is 29.3 Å². The van der Waals surface area contributed by atoms with Gasteiger partial charge in [-0.1, -0.05) is 12.1 Å². The molecule has 1 fully saturated rings. The van der Waals surface area contributed by atoms with E-state index in [0.717, 1.165) is 29.7 Å². The topological polar surface area (TPSA) is 54.5 Å². The highest BCUT2D eigenvalue weighted by molar-refractivity contribution is 9.10. The van der Waals surface area contributed by atoms with Gasteiger partial charge in [0.05, 0.1) is 12.7 Å². The number of benzene rings is 1. The highest BCUT2D eigenvalue weighted by Gasteiger charge is 2.32. The van der Waals surface area contributed by atoms with E-state index >= 15 is 0 Å². The lowest BCUT2D eigenvalue weighted by Gasteiger charge is -2.40. The number of methoxy groups -OCH3 is 1. The number of rotatable bonds is 4. The van der Waals surface area contributed by atoms with E-state index in [1.807, 2.05) is 41.3 Å². The molecule has 0 saturated carbocycles. The van der Waals surface area contributed by atoms with Crippen LogP contribution in [0.25, 0.3) is 0 Å². The van der Waals surface area contributed by atoms with Crippen LogP contribution in [0.2, 0.25) is 0 Å². The fourth-order valence-corrected chi connectivity index (χ4v) is 3.48. The summed E-state index contributed by atoms with van der Waals surface area (Å²) in [4.78, 5) is 19.3. The number of ether oxygens (including phenoxy) is 1. The Hall–Kier alpha value is -2.08. The Morgan fingerprint density at radius 1 is 1.32 bits per heavy atom. The molecule has 3 rings (SSSR count). The fourth-order valence-electron chi connectivity index (χ4n) is 3.25. The Kier molecular flexibility index (Phi) is 5.58. The van der Waals surface area contributed by atoms with Crippen molar-refractivity contribution in [3.8, 4) is 5.75 Å². The molecule has 0 radical (unpaired) electrons. The van der Waals surface area contributed by atoms with Crippen molar-refractivity contribution in [2.24, 2.45) is 0 Å². The Labute approximate surface area is 156 Å². The second-order valence-corrected chi connectivity index (χ2v) is 7.11. The quantitative estimate of drug-likeness (QED) is 0.839. The van der Waals surface area contributed by atoms with Crippen molar-refractivity contribution in [2.75, 3.05) is 19.0 Å². The lowest BCUT2D eigenvalue weighted by molar-refractivity contribution is 0.0613. The first kappa shape index (κ1) is 17.7. The molecule has 1 aliphatic heterocycles. The van der Waals surface area contributed by atoms with Crippen LogP contribution in [-0.2, 0) is 0 Å². The summed E-state index contributed by atoms with van der Waals surface area (Å²) in [7, 11) is 1.59. The number of likely N-dealkylation sites (tertiary alicyclic amines) is 1. The number of amides is 1. The predicted molar refractivity (Wildman–Crippen MR) is 102 cm³/mol. The lowest BCUT2D eigenvalue weighted by atomic mass is 9.96. The Morgan fingerprint density at radius 2 is 2.12 bits per heavy atom. The van der Waals surface area contributed by atoms with E-state index in [1.54, 1.807) is 13.3 Å². The van der Waals surface area contributed by atoms with Gasteiger partial charge in [-0.2, -0.15) is 0 Å². The normalized spacial score (nSPS) is 20.2. The van der Waals surface area contributed by atoms with Crippen molar-refractivity contribution in [3.63, 3.8) is 0 Å². The van der Waals surface area contributed by atoms with Crippen LogP contribution in [0.5, 0.6) is 5.75 Å². The summed E-state index contributed by atoms with van der Waals surface area (Å²) in [5.74, 6) is 1.45. The minimum atomic E-state index is 0.0141. The summed E-state index contributed by atoms with van der Waals surface area (Å²) in [5.41, 5.74) is 0.610. The van der Waals surface area contributed by atoms with Crippen molar-refractivity contribution in [1.29, 1.82) is 0 Å². The molecule has 1 saturated heterocycles. The van der Waals surface area contributed by atoms with Gasteiger partial charge in [0.2, 0.25) is 0 Å². The fraction of sp³-hybridized carbons (Fsp3) is 0.368. The number of pyridine rings is 1. The molecule has 1 N–H and O–H groups in total. The van der Waals surface area contributed by atoms with E-state index in [4.69, 9.17) is 4.74 Å². The molecule has 2 aromatic rings. The third kappa shape index (κ3) is 3.95. The zero-order chi connectivity index (χ0) is 17.8. The average molecular weight is 404 g/mol. The molecule has 1 aromatic heterocycles. The average Bonchev–Trinajstić information content (AvgIpc) is 2.64. The highest BCUT2D eigenvalue weighted by atomic mass is 79.9. The highest BCUT2D eigenvalue weighted by Crippen LogP contribution is 2.26. The first-order valence-corrected chi connectivity index (χ1v) is 9.21. The molecule has 5 nitrogen and oxygen atoms in total. The van der Waals surface area contributed by atoms with Gasteiger partial charge in [-0.25, -0.2) is 4.98 Å². The van der Waals surface area contributed by atoms with Crippen molar-refractivity contribution in [2.45, 2.75) is 31.8 Å². The van der Waals surface area contributed by atoms with E-state index in [2.05, 4.69) is 33.2 Å². The van der Waals surface area contributed by atoms with Gasteiger partial charge in [0.15, 0.2) is 0 Å². The standard InChI is InChI=1S/C19H22BrN3O2/c1-13-16(22-18-10-9-14(20)12-21-18)7-5-11-23(13)19(24)15-6-3-4-8-17(15)25-2/h3-4,6,8-10,12-13,16H,5,7,11H2,1-2H3,(H,21,22)/t13-,16-/m1/s1. The van der Waals surface area contributed by atoms with Crippen LogP contribution in [0.1, 0.15) is 30.1 Å². The summed E-state index contributed by atoms with van der Waals surface area (Å²) in [6.07, 6.45) is 3.74.